The van der Waals surface area contributed by atoms with Gasteiger partial charge in [0.2, 0.25) is 5.91 Å². The molecule has 0 saturated heterocycles. The standard InChI is InChI=1S/C27H24FNO3/c1-16-9-11-19(12-10-16)22-15-32-27-18(3)26(31-4)20(14-21(22)27)17(2)13-25(30)29-24-8-6-5-7-23(24)28/h5-15H,1-4H3,(H,29,30)/b17-13+. The van der Waals surface area contributed by atoms with Gasteiger partial charge in [0.25, 0.3) is 0 Å². The van der Waals surface area contributed by atoms with E-state index in [0.29, 0.717) is 11.3 Å². The third kappa shape index (κ3) is 4.02. The number of benzene rings is 3. The number of anilines is 1. The van der Waals surface area contributed by atoms with E-state index in [2.05, 4.69) is 29.6 Å². The SMILES string of the molecule is COc1c(/C(C)=C/C(=O)Nc2ccccc2F)cc2c(-c3ccc(C)cc3)coc2c1C. The Kier molecular flexibility index (Phi) is 5.82. The van der Waals surface area contributed by atoms with Crippen molar-refractivity contribution < 1.29 is 18.3 Å². The van der Waals surface area contributed by atoms with Crippen LogP contribution in [-0.2, 0) is 4.79 Å². The summed E-state index contributed by atoms with van der Waals surface area (Å²) >= 11 is 0. The zero-order valence-electron chi connectivity index (χ0n) is 18.5. The number of carbonyl (C=O) groups is 1. The van der Waals surface area contributed by atoms with Crippen LogP contribution in [0.5, 0.6) is 5.75 Å². The van der Waals surface area contributed by atoms with Crippen molar-refractivity contribution in [2.45, 2.75) is 20.8 Å². The zero-order valence-corrected chi connectivity index (χ0v) is 18.5. The van der Waals surface area contributed by atoms with Crippen LogP contribution in [0.1, 0.15) is 23.6 Å². The number of nitrogens with one attached hydrogen (secondary N) is 1. The molecule has 32 heavy (non-hydrogen) atoms. The highest BCUT2D eigenvalue weighted by atomic mass is 19.1. The average Bonchev–Trinajstić information content (AvgIpc) is 3.20. The lowest BCUT2D eigenvalue weighted by atomic mass is 9.96. The summed E-state index contributed by atoms with van der Waals surface area (Å²) in [5.41, 5.74) is 6.38. The van der Waals surface area contributed by atoms with Crippen molar-refractivity contribution in [3.63, 3.8) is 0 Å². The third-order valence-corrected chi connectivity index (χ3v) is 5.51. The van der Waals surface area contributed by atoms with Crippen LogP contribution in [0, 0.1) is 19.7 Å². The van der Waals surface area contributed by atoms with E-state index in [1.54, 1.807) is 25.5 Å². The molecular formula is C27H24FNO3. The van der Waals surface area contributed by atoms with E-state index in [1.807, 2.05) is 26.8 Å². The molecule has 5 heteroatoms. The highest BCUT2D eigenvalue weighted by Gasteiger charge is 2.19. The summed E-state index contributed by atoms with van der Waals surface area (Å²) in [5, 5.41) is 3.52. The molecule has 0 saturated carbocycles. The number of para-hydroxylation sites is 1. The molecule has 4 rings (SSSR count). The van der Waals surface area contributed by atoms with Crippen molar-refractivity contribution in [3.8, 4) is 16.9 Å². The Bertz CT molecular complexity index is 1330. The van der Waals surface area contributed by atoms with Gasteiger partial charge in [-0.05, 0) is 50.1 Å². The minimum atomic E-state index is -0.483. The molecule has 0 spiro atoms. The van der Waals surface area contributed by atoms with Gasteiger partial charge in [0, 0.05) is 28.2 Å². The quantitative estimate of drug-likeness (QED) is 0.351. The number of rotatable bonds is 5. The monoisotopic (exact) mass is 429 g/mol. The molecule has 0 fully saturated rings. The van der Waals surface area contributed by atoms with Crippen molar-refractivity contribution in [3.05, 3.63) is 89.4 Å². The fraction of sp³-hybridized carbons (Fsp3) is 0.148. The molecule has 0 aliphatic heterocycles. The summed E-state index contributed by atoms with van der Waals surface area (Å²) in [5.74, 6) is -0.268. The van der Waals surface area contributed by atoms with Crippen molar-refractivity contribution >= 4 is 28.1 Å². The van der Waals surface area contributed by atoms with Crippen LogP contribution < -0.4 is 10.1 Å². The number of halogens is 1. The number of carbonyl (C=O) groups excluding carboxylic acids is 1. The number of amides is 1. The van der Waals surface area contributed by atoms with E-state index in [4.69, 9.17) is 9.15 Å². The Balaban J connectivity index is 1.77. The molecule has 1 amide bonds. The first-order chi connectivity index (χ1) is 15.4. The predicted octanol–water partition coefficient (Wildman–Crippen LogP) is 6.91. The number of furan rings is 1. The van der Waals surface area contributed by atoms with Gasteiger partial charge < -0.3 is 14.5 Å². The molecule has 0 unspecified atom stereocenters. The summed E-state index contributed by atoms with van der Waals surface area (Å²) in [6, 6.07) is 16.3. The largest absolute Gasteiger partial charge is 0.496 e. The van der Waals surface area contributed by atoms with Gasteiger partial charge >= 0.3 is 0 Å². The summed E-state index contributed by atoms with van der Waals surface area (Å²) < 4.78 is 25.4. The second kappa shape index (κ2) is 8.71. The Hall–Kier alpha value is -3.86. The summed E-state index contributed by atoms with van der Waals surface area (Å²) in [7, 11) is 1.59. The molecule has 162 valence electrons. The lowest BCUT2D eigenvalue weighted by molar-refractivity contribution is -0.111. The molecule has 1 heterocycles. The highest BCUT2D eigenvalue weighted by Crippen LogP contribution is 2.40. The van der Waals surface area contributed by atoms with Crippen molar-refractivity contribution in [1.29, 1.82) is 0 Å². The van der Waals surface area contributed by atoms with E-state index in [9.17, 15) is 9.18 Å². The highest BCUT2D eigenvalue weighted by molar-refractivity contribution is 6.06. The maximum Gasteiger partial charge on any atom is 0.248 e. The molecule has 1 aromatic heterocycles. The van der Waals surface area contributed by atoms with E-state index in [1.165, 1.54) is 23.8 Å². The van der Waals surface area contributed by atoms with Crippen molar-refractivity contribution in [2.24, 2.45) is 0 Å². The maximum absolute atomic E-state index is 13.9. The minimum Gasteiger partial charge on any atom is -0.496 e. The van der Waals surface area contributed by atoms with Crippen LogP contribution in [-0.4, -0.2) is 13.0 Å². The Labute approximate surface area is 186 Å². The Morgan fingerprint density at radius 1 is 1.09 bits per heavy atom. The van der Waals surface area contributed by atoms with Crippen molar-refractivity contribution in [1.82, 2.24) is 0 Å². The number of methoxy groups -OCH3 is 1. The molecule has 0 bridgehead atoms. The number of aryl methyl sites for hydroxylation is 2. The second-order valence-corrected chi connectivity index (χ2v) is 7.77. The first-order valence-electron chi connectivity index (χ1n) is 10.3. The molecule has 3 aromatic carbocycles. The molecular weight excluding hydrogens is 405 g/mol. The van der Waals surface area contributed by atoms with Crippen LogP contribution in [0.15, 0.2) is 71.4 Å². The third-order valence-electron chi connectivity index (χ3n) is 5.51. The maximum atomic E-state index is 13.9. The Morgan fingerprint density at radius 2 is 1.81 bits per heavy atom. The topological polar surface area (TPSA) is 51.5 Å². The summed E-state index contributed by atoms with van der Waals surface area (Å²) in [4.78, 5) is 12.6. The normalized spacial score (nSPS) is 11.6. The van der Waals surface area contributed by atoms with E-state index in [-0.39, 0.29) is 5.69 Å². The fourth-order valence-corrected chi connectivity index (χ4v) is 3.83. The van der Waals surface area contributed by atoms with Gasteiger partial charge in [-0.15, -0.1) is 0 Å². The number of ether oxygens (including phenoxy) is 1. The predicted molar refractivity (Wildman–Crippen MR) is 126 cm³/mol. The first-order valence-corrected chi connectivity index (χ1v) is 10.3. The minimum absolute atomic E-state index is 0.136. The molecule has 0 radical (unpaired) electrons. The molecule has 1 N–H and O–H groups in total. The van der Waals surface area contributed by atoms with Crippen LogP contribution in [0.25, 0.3) is 27.7 Å². The molecule has 0 aliphatic carbocycles. The number of hydrogen-bond acceptors (Lipinski definition) is 3. The Morgan fingerprint density at radius 3 is 2.50 bits per heavy atom. The first kappa shape index (κ1) is 21.4. The smallest absolute Gasteiger partial charge is 0.248 e. The lowest BCUT2D eigenvalue weighted by Crippen LogP contribution is -2.10. The number of hydrogen-bond donors (Lipinski definition) is 1. The van der Waals surface area contributed by atoms with Gasteiger partial charge in [-0.3, -0.25) is 4.79 Å². The van der Waals surface area contributed by atoms with Gasteiger partial charge in [0.1, 0.15) is 17.1 Å². The van der Waals surface area contributed by atoms with Gasteiger partial charge in [0.15, 0.2) is 0 Å². The van der Waals surface area contributed by atoms with E-state index < -0.39 is 11.7 Å². The summed E-state index contributed by atoms with van der Waals surface area (Å²) in [6.45, 7) is 5.81. The van der Waals surface area contributed by atoms with Crippen LogP contribution in [0.2, 0.25) is 0 Å². The van der Waals surface area contributed by atoms with E-state index >= 15 is 0 Å². The van der Waals surface area contributed by atoms with Gasteiger partial charge in [-0.1, -0.05) is 42.0 Å². The van der Waals surface area contributed by atoms with Gasteiger partial charge in [-0.25, -0.2) is 4.39 Å². The zero-order chi connectivity index (χ0) is 22.8. The second-order valence-electron chi connectivity index (χ2n) is 7.77. The number of allylic oxidation sites excluding steroid dienone is 1. The number of fused-ring (bicyclic) bond motifs is 1. The van der Waals surface area contributed by atoms with Crippen LogP contribution in [0.3, 0.4) is 0 Å². The fourth-order valence-electron chi connectivity index (χ4n) is 3.83. The average molecular weight is 429 g/mol. The van der Waals surface area contributed by atoms with Gasteiger partial charge in [-0.2, -0.15) is 0 Å². The van der Waals surface area contributed by atoms with Crippen LogP contribution in [0.4, 0.5) is 10.1 Å². The lowest BCUT2D eigenvalue weighted by Gasteiger charge is -2.13. The molecule has 0 atom stereocenters. The molecule has 0 aliphatic rings. The van der Waals surface area contributed by atoms with Crippen LogP contribution >= 0.6 is 0 Å². The molecule has 4 aromatic rings. The summed E-state index contributed by atoms with van der Waals surface area (Å²) in [6.07, 6.45) is 3.19. The van der Waals surface area contributed by atoms with Crippen molar-refractivity contribution in [2.75, 3.05) is 12.4 Å². The van der Waals surface area contributed by atoms with Gasteiger partial charge in [0.05, 0.1) is 19.1 Å². The van der Waals surface area contributed by atoms with E-state index in [0.717, 1.165) is 33.2 Å². The molecule has 4 nitrogen and oxygen atoms in total.